The van der Waals surface area contributed by atoms with E-state index >= 15 is 0 Å². The van der Waals surface area contributed by atoms with Gasteiger partial charge in [-0.2, -0.15) is 5.10 Å². The molecule has 3 aromatic heterocycles. The summed E-state index contributed by atoms with van der Waals surface area (Å²) in [6.45, 7) is 1.81. The first kappa shape index (κ1) is 13.9. The molecule has 0 bridgehead atoms. The Morgan fingerprint density at radius 3 is 3.17 bits per heavy atom. The molecule has 3 N–H and O–H groups in total. The molecule has 1 amide bonds. The first-order valence-electron chi connectivity index (χ1n) is 7.56. The minimum absolute atomic E-state index is 0.182. The molecule has 0 saturated carbocycles. The molecule has 1 aliphatic rings. The zero-order valence-electron chi connectivity index (χ0n) is 12.4. The number of nitrogens with zero attached hydrogens (tertiary/aromatic N) is 3. The van der Waals surface area contributed by atoms with Crippen LogP contribution in [0.2, 0.25) is 0 Å². The van der Waals surface area contributed by atoms with Crippen molar-refractivity contribution in [2.24, 2.45) is 0 Å². The summed E-state index contributed by atoms with van der Waals surface area (Å²) in [7, 11) is 0. The number of anilines is 1. The number of hydrogen-bond donors (Lipinski definition) is 3. The maximum absolute atomic E-state index is 12.5. The zero-order valence-corrected chi connectivity index (χ0v) is 12.4. The van der Waals surface area contributed by atoms with Gasteiger partial charge in [0.25, 0.3) is 5.91 Å². The first-order valence-corrected chi connectivity index (χ1v) is 7.56. The summed E-state index contributed by atoms with van der Waals surface area (Å²) in [5.74, 6) is 0.539. The molecular formula is C15H16N6O2. The molecule has 1 fully saturated rings. The summed E-state index contributed by atoms with van der Waals surface area (Å²) in [5, 5.41) is 13.7. The summed E-state index contributed by atoms with van der Waals surface area (Å²) >= 11 is 0. The average molecular weight is 312 g/mol. The Morgan fingerprint density at radius 1 is 1.35 bits per heavy atom. The third-order valence-electron chi connectivity index (χ3n) is 4.03. The highest BCUT2D eigenvalue weighted by Gasteiger charge is 2.26. The Morgan fingerprint density at radius 2 is 2.30 bits per heavy atom. The third kappa shape index (κ3) is 2.68. The van der Waals surface area contributed by atoms with Crippen LogP contribution < -0.4 is 10.6 Å². The fraction of sp³-hybridized carbons (Fsp3) is 0.333. The summed E-state index contributed by atoms with van der Waals surface area (Å²) in [6, 6.07) is 1.81. The summed E-state index contributed by atoms with van der Waals surface area (Å²) < 4.78 is 5.48. The highest BCUT2D eigenvalue weighted by Crippen LogP contribution is 2.26. The molecule has 3 aromatic rings. The van der Waals surface area contributed by atoms with Crippen LogP contribution in [0.1, 0.15) is 35.0 Å². The van der Waals surface area contributed by atoms with Gasteiger partial charge in [0.05, 0.1) is 18.1 Å². The van der Waals surface area contributed by atoms with E-state index in [0.29, 0.717) is 22.8 Å². The van der Waals surface area contributed by atoms with E-state index in [9.17, 15) is 4.79 Å². The first-order chi connectivity index (χ1) is 11.3. The van der Waals surface area contributed by atoms with Crippen LogP contribution in [-0.2, 0) is 0 Å². The van der Waals surface area contributed by atoms with Crippen molar-refractivity contribution in [2.45, 2.75) is 18.8 Å². The van der Waals surface area contributed by atoms with Gasteiger partial charge in [0.1, 0.15) is 5.76 Å². The molecule has 1 unspecified atom stereocenters. The SMILES string of the molecule is O=C(Nc1cnc2[nH]ncc2c1)c1ncoc1C1CCCNC1. The molecule has 1 aliphatic heterocycles. The number of carbonyl (C=O) groups excluding carboxylic acids is 1. The number of fused-ring (bicyclic) bond motifs is 1. The molecule has 1 saturated heterocycles. The average Bonchev–Trinajstić information content (AvgIpc) is 3.24. The van der Waals surface area contributed by atoms with Gasteiger partial charge >= 0.3 is 0 Å². The Balaban J connectivity index is 1.56. The third-order valence-corrected chi connectivity index (χ3v) is 4.03. The quantitative estimate of drug-likeness (QED) is 0.679. The van der Waals surface area contributed by atoms with E-state index in [1.165, 1.54) is 6.39 Å². The van der Waals surface area contributed by atoms with E-state index in [4.69, 9.17) is 4.42 Å². The van der Waals surface area contributed by atoms with Crippen LogP contribution >= 0.6 is 0 Å². The molecule has 8 nitrogen and oxygen atoms in total. The van der Waals surface area contributed by atoms with Gasteiger partial charge in [0.15, 0.2) is 17.7 Å². The molecule has 0 aliphatic carbocycles. The molecule has 118 valence electrons. The van der Waals surface area contributed by atoms with Gasteiger partial charge in [-0.1, -0.05) is 0 Å². The predicted molar refractivity (Wildman–Crippen MR) is 83.2 cm³/mol. The highest BCUT2D eigenvalue weighted by molar-refractivity contribution is 6.04. The van der Waals surface area contributed by atoms with Gasteiger partial charge in [-0.25, -0.2) is 9.97 Å². The number of nitrogens with one attached hydrogen (secondary N) is 3. The van der Waals surface area contributed by atoms with Gasteiger partial charge in [-0.3, -0.25) is 9.89 Å². The summed E-state index contributed by atoms with van der Waals surface area (Å²) in [5.41, 5.74) is 1.61. The van der Waals surface area contributed by atoms with Crippen molar-refractivity contribution in [1.82, 2.24) is 25.5 Å². The number of aromatic nitrogens is 4. The van der Waals surface area contributed by atoms with E-state index in [2.05, 4.69) is 30.8 Å². The number of piperidine rings is 1. The summed E-state index contributed by atoms with van der Waals surface area (Å²) in [6.07, 6.45) is 6.63. The minimum Gasteiger partial charge on any atom is -0.447 e. The van der Waals surface area contributed by atoms with Crippen molar-refractivity contribution in [2.75, 3.05) is 18.4 Å². The lowest BCUT2D eigenvalue weighted by atomic mass is 9.95. The smallest absolute Gasteiger partial charge is 0.277 e. The molecular weight excluding hydrogens is 296 g/mol. The molecule has 0 aromatic carbocycles. The molecule has 0 radical (unpaired) electrons. The Bertz CT molecular complexity index is 833. The fourth-order valence-corrected chi connectivity index (χ4v) is 2.89. The number of H-pyrrole nitrogens is 1. The summed E-state index contributed by atoms with van der Waals surface area (Å²) in [4.78, 5) is 20.8. The Kier molecular flexibility index (Phi) is 3.51. The zero-order chi connectivity index (χ0) is 15.6. The second-order valence-electron chi connectivity index (χ2n) is 5.59. The lowest BCUT2D eigenvalue weighted by Crippen LogP contribution is -2.29. The minimum atomic E-state index is -0.288. The standard InChI is InChI=1S/C15H16N6O2/c22-15(20-11-4-10-6-19-21-14(10)17-7-11)12-13(23-8-18-12)9-2-1-3-16-5-9/h4,6-9,16H,1-3,5H2,(H,20,22)(H,17,19,21). The van der Waals surface area contributed by atoms with Crippen LogP contribution in [0, 0.1) is 0 Å². The number of pyridine rings is 1. The molecule has 4 heterocycles. The predicted octanol–water partition coefficient (Wildman–Crippen LogP) is 1.67. The Labute approximate surface area is 131 Å². The van der Waals surface area contributed by atoms with Gasteiger partial charge in [-0.05, 0) is 25.5 Å². The van der Waals surface area contributed by atoms with Crippen LogP contribution in [0.3, 0.4) is 0 Å². The van der Waals surface area contributed by atoms with E-state index in [-0.39, 0.29) is 11.8 Å². The Hall–Kier alpha value is -2.74. The van der Waals surface area contributed by atoms with E-state index in [0.717, 1.165) is 31.3 Å². The molecule has 1 atom stereocenters. The molecule has 8 heteroatoms. The monoisotopic (exact) mass is 312 g/mol. The van der Waals surface area contributed by atoms with Crippen molar-refractivity contribution in [3.63, 3.8) is 0 Å². The fourth-order valence-electron chi connectivity index (χ4n) is 2.89. The van der Waals surface area contributed by atoms with E-state index in [1.807, 2.05) is 6.07 Å². The van der Waals surface area contributed by atoms with Crippen molar-refractivity contribution in [3.8, 4) is 0 Å². The number of rotatable bonds is 3. The van der Waals surface area contributed by atoms with Crippen molar-refractivity contribution in [3.05, 3.63) is 36.3 Å². The van der Waals surface area contributed by atoms with Crippen molar-refractivity contribution >= 4 is 22.6 Å². The number of oxazole rings is 1. The normalized spacial score (nSPS) is 18.2. The van der Waals surface area contributed by atoms with Crippen LogP contribution in [0.25, 0.3) is 11.0 Å². The van der Waals surface area contributed by atoms with Crippen LogP contribution in [0.4, 0.5) is 5.69 Å². The maximum atomic E-state index is 12.5. The molecule has 23 heavy (non-hydrogen) atoms. The topological polar surface area (TPSA) is 109 Å². The van der Waals surface area contributed by atoms with Crippen LogP contribution in [-0.4, -0.2) is 39.2 Å². The van der Waals surface area contributed by atoms with E-state index < -0.39 is 0 Å². The van der Waals surface area contributed by atoms with Crippen LogP contribution in [0.5, 0.6) is 0 Å². The number of aromatic amines is 1. The number of hydrogen-bond acceptors (Lipinski definition) is 6. The maximum Gasteiger partial charge on any atom is 0.277 e. The lowest BCUT2D eigenvalue weighted by Gasteiger charge is -2.21. The largest absolute Gasteiger partial charge is 0.447 e. The van der Waals surface area contributed by atoms with Crippen molar-refractivity contribution < 1.29 is 9.21 Å². The molecule has 0 spiro atoms. The van der Waals surface area contributed by atoms with Crippen molar-refractivity contribution in [1.29, 1.82) is 0 Å². The van der Waals surface area contributed by atoms with E-state index in [1.54, 1.807) is 12.4 Å². The van der Waals surface area contributed by atoms with Gasteiger partial charge in [0, 0.05) is 17.8 Å². The molecule has 4 rings (SSSR count). The van der Waals surface area contributed by atoms with Crippen LogP contribution in [0.15, 0.2) is 29.3 Å². The lowest BCUT2D eigenvalue weighted by molar-refractivity contribution is 0.102. The second-order valence-corrected chi connectivity index (χ2v) is 5.59. The highest BCUT2D eigenvalue weighted by atomic mass is 16.3. The van der Waals surface area contributed by atoms with Gasteiger partial charge in [-0.15, -0.1) is 0 Å². The van der Waals surface area contributed by atoms with Gasteiger partial charge in [0.2, 0.25) is 0 Å². The number of carbonyl (C=O) groups is 1. The van der Waals surface area contributed by atoms with Gasteiger partial charge < -0.3 is 15.1 Å². The second kappa shape index (κ2) is 5.81. The number of amides is 1.